The van der Waals surface area contributed by atoms with Crippen LogP contribution in [-0.2, 0) is 0 Å². The van der Waals surface area contributed by atoms with Gasteiger partial charge in [0.2, 0.25) is 0 Å². The molecule has 0 saturated heterocycles. The monoisotopic (exact) mass is 806 g/mol. The van der Waals surface area contributed by atoms with E-state index in [1.165, 1.54) is 43.4 Å². The molecule has 6 nitrogen and oxygen atoms in total. The minimum absolute atomic E-state index is 0.161. The van der Waals surface area contributed by atoms with Crippen molar-refractivity contribution >= 4 is 83.3 Å². The molecule has 0 radical (unpaired) electrons. The largest absolute Gasteiger partial charge is 0.308 e. The lowest BCUT2D eigenvalue weighted by molar-refractivity contribution is 1.17. The first-order chi connectivity index (χ1) is 31.2. The number of rotatable bonds is 6. The van der Waals surface area contributed by atoms with Gasteiger partial charge in [-0.1, -0.05) is 164 Å². The Balaban J connectivity index is 1.15. The summed E-state index contributed by atoms with van der Waals surface area (Å²) in [5.41, 5.74) is 12.7. The Bertz CT molecular complexity index is 3690. The molecule has 0 fully saturated rings. The van der Waals surface area contributed by atoms with Gasteiger partial charge < -0.3 is 13.7 Å². The number of hydrogen-bond acceptors (Lipinski definition) is 1. The van der Waals surface area contributed by atoms with Crippen molar-refractivity contribution in [3.05, 3.63) is 235 Å². The summed E-state index contributed by atoms with van der Waals surface area (Å²) in [6, 6.07) is 76.1. The van der Waals surface area contributed by atoms with E-state index in [0.717, 1.165) is 55.8 Å². The van der Waals surface area contributed by atoms with Crippen molar-refractivity contribution in [2.75, 3.05) is 0 Å². The van der Waals surface area contributed by atoms with Crippen molar-refractivity contribution < 1.29 is 0 Å². The van der Waals surface area contributed by atoms with E-state index in [0.29, 0.717) is 5.84 Å². The van der Waals surface area contributed by atoms with Crippen LogP contribution in [0, 0.1) is 5.41 Å². The second-order valence-electron chi connectivity index (χ2n) is 15.8. The number of benzene rings is 9. The molecule has 63 heavy (non-hydrogen) atoms. The van der Waals surface area contributed by atoms with Gasteiger partial charge in [0.1, 0.15) is 0 Å². The zero-order valence-electron chi connectivity index (χ0n) is 34.1. The molecule has 0 unspecified atom stereocenters. The molecule has 3 heterocycles. The second kappa shape index (κ2) is 14.8. The predicted octanol–water partition coefficient (Wildman–Crippen LogP) is 13.9. The van der Waals surface area contributed by atoms with Gasteiger partial charge in [-0.15, -0.1) is 0 Å². The van der Waals surface area contributed by atoms with Gasteiger partial charge in [0.25, 0.3) is 0 Å². The summed E-state index contributed by atoms with van der Waals surface area (Å²) >= 11 is 0. The van der Waals surface area contributed by atoms with Crippen LogP contribution < -0.4 is 0 Å². The van der Waals surface area contributed by atoms with E-state index in [4.69, 9.17) is 15.4 Å². The van der Waals surface area contributed by atoms with Gasteiger partial charge in [-0.2, -0.15) is 0 Å². The molecule has 3 aromatic heterocycles. The maximum absolute atomic E-state index is 8.77. The SMILES string of the molecule is N=C(N=C(N=Cc1ccc(-n2c3ccccc3c3c4c(c5ccccc5n4-c4ccccc4)c4c(c5ccccc5n4-c4ccccc4)c32)cc1)c1ccccc1)c1ccccc1. The summed E-state index contributed by atoms with van der Waals surface area (Å²) in [4.78, 5) is 9.59. The lowest BCUT2D eigenvalue weighted by Gasteiger charge is -2.13. The maximum Gasteiger partial charge on any atom is 0.161 e. The van der Waals surface area contributed by atoms with E-state index in [-0.39, 0.29) is 5.84 Å². The van der Waals surface area contributed by atoms with E-state index < -0.39 is 0 Å². The standard InChI is InChI=1S/C57H38N6/c58-56(39-19-5-1-6-20-39)60-57(40-21-7-2-8-22-40)59-37-38-33-35-43(36-34-38)63-49-32-18-15-29-46(49)52-54-50(44-27-13-16-30-47(44)61(54)41-23-9-3-10-24-41)53-51(55(52)63)45-28-14-17-31-48(45)62(53)42-25-11-4-12-26-42/h1-37,58H. The van der Waals surface area contributed by atoms with Gasteiger partial charge in [-0.25, -0.2) is 9.98 Å². The van der Waals surface area contributed by atoms with Crippen LogP contribution in [0.4, 0.5) is 0 Å². The minimum Gasteiger partial charge on any atom is -0.308 e. The smallest absolute Gasteiger partial charge is 0.161 e. The van der Waals surface area contributed by atoms with Crippen LogP contribution >= 0.6 is 0 Å². The van der Waals surface area contributed by atoms with Crippen LogP contribution in [0.3, 0.4) is 0 Å². The van der Waals surface area contributed by atoms with E-state index in [1.54, 1.807) is 0 Å². The summed E-state index contributed by atoms with van der Waals surface area (Å²) in [7, 11) is 0. The molecule has 12 rings (SSSR count). The number of nitrogens with zero attached hydrogens (tertiary/aromatic N) is 5. The highest BCUT2D eigenvalue weighted by atomic mass is 15.0. The molecule has 0 bridgehead atoms. The molecule has 0 saturated carbocycles. The van der Waals surface area contributed by atoms with Crippen molar-refractivity contribution in [3.8, 4) is 17.1 Å². The van der Waals surface area contributed by atoms with Crippen molar-refractivity contribution in [2.45, 2.75) is 0 Å². The van der Waals surface area contributed by atoms with Crippen LogP contribution in [-0.4, -0.2) is 31.6 Å². The molecule has 0 aliphatic carbocycles. The maximum atomic E-state index is 8.77. The van der Waals surface area contributed by atoms with Gasteiger partial charge in [-0.05, 0) is 60.2 Å². The van der Waals surface area contributed by atoms with Crippen molar-refractivity contribution in [3.63, 3.8) is 0 Å². The predicted molar refractivity (Wildman–Crippen MR) is 263 cm³/mol. The highest BCUT2D eigenvalue weighted by Crippen LogP contribution is 2.50. The van der Waals surface area contributed by atoms with E-state index in [9.17, 15) is 0 Å². The zero-order valence-corrected chi connectivity index (χ0v) is 34.1. The Labute approximate surface area is 363 Å². The molecular formula is C57H38N6. The van der Waals surface area contributed by atoms with Crippen molar-refractivity contribution in [2.24, 2.45) is 9.98 Å². The van der Waals surface area contributed by atoms with Gasteiger partial charge in [0.15, 0.2) is 11.7 Å². The number of aliphatic imine (C=N–C) groups is 2. The van der Waals surface area contributed by atoms with Crippen LogP contribution in [0.15, 0.2) is 228 Å². The fourth-order valence-electron chi connectivity index (χ4n) is 9.47. The first-order valence-corrected chi connectivity index (χ1v) is 21.2. The molecule has 0 aliphatic heterocycles. The topological polar surface area (TPSA) is 63.4 Å². The minimum atomic E-state index is 0.161. The van der Waals surface area contributed by atoms with E-state index in [1.807, 2.05) is 66.9 Å². The Morgan fingerprint density at radius 3 is 1.14 bits per heavy atom. The van der Waals surface area contributed by atoms with Crippen LogP contribution in [0.2, 0.25) is 0 Å². The average molecular weight is 807 g/mol. The van der Waals surface area contributed by atoms with Gasteiger partial charge >= 0.3 is 0 Å². The van der Waals surface area contributed by atoms with Crippen LogP contribution in [0.25, 0.3) is 82.5 Å². The highest BCUT2D eigenvalue weighted by molar-refractivity contribution is 6.40. The summed E-state index contributed by atoms with van der Waals surface area (Å²) in [5, 5.41) is 16.0. The number of amidine groups is 2. The van der Waals surface area contributed by atoms with Crippen molar-refractivity contribution in [1.29, 1.82) is 5.41 Å². The Hall–Kier alpha value is -8.61. The molecule has 9 aromatic carbocycles. The normalized spacial score (nSPS) is 12.2. The second-order valence-corrected chi connectivity index (χ2v) is 15.8. The molecule has 1 N–H and O–H groups in total. The van der Waals surface area contributed by atoms with E-state index in [2.05, 4.69) is 171 Å². The molecule has 296 valence electrons. The van der Waals surface area contributed by atoms with Crippen LogP contribution in [0.1, 0.15) is 16.7 Å². The van der Waals surface area contributed by atoms with Crippen LogP contribution in [0.5, 0.6) is 0 Å². The summed E-state index contributed by atoms with van der Waals surface area (Å²) in [6.45, 7) is 0. The van der Waals surface area contributed by atoms with Crippen molar-refractivity contribution in [1.82, 2.24) is 13.7 Å². The molecule has 0 spiro atoms. The molecular weight excluding hydrogens is 769 g/mol. The molecule has 0 amide bonds. The molecule has 6 heteroatoms. The number of nitrogens with one attached hydrogen (secondary N) is 1. The number of para-hydroxylation sites is 5. The third-order valence-electron chi connectivity index (χ3n) is 12.1. The first kappa shape index (κ1) is 36.3. The third kappa shape index (κ3) is 5.84. The Morgan fingerprint density at radius 2 is 0.714 bits per heavy atom. The third-order valence-corrected chi connectivity index (χ3v) is 12.1. The highest BCUT2D eigenvalue weighted by Gasteiger charge is 2.28. The quantitative estimate of drug-likeness (QED) is 0.128. The molecule has 0 aliphatic rings. The number of hydrogen-bond donors (Lipinski definition) is 1. The fourth-order valence-corrected chi connectivity index (χ4v) is 9.47. The average Bonchev–Trinajstić information content (AvgIpc) is 4.00. The van der Waals surface area contributed by atoms with Gasteiger partial charge in [0.05, 0.1) is 33.1 Å². The summed E-state index contributed by atoms with van der Waals surface area (Å²) in [5.74, 6) is 0.639. The Kier molecular flexibility index (Phi) is 8.54. The van der Waals surface area contributed by atoms with Gasteiger partial charge in [-0.3, -0.25) is 5.41 Å². The number of aromatic nitrogens is 3. The van der Waals surface area contributed by atoms with Gasteiger partial charge in [0, 0.05) is 66.7 Å². The van der Waals surface area contributed by atoms with E-state index >= 15 is 0 Å². The fraction of sp³-hybridized carbons (Fsp3) is 0. The zero-order chi connectivity index (χ0) is 41.9. The summed E-state index contributed by atoms with van der Waals surface area (Å²) in [6.07, 6.45) is 1.84. The summed E-state index contributed by atoms with van der Waals surface area (Å²) < 4.78 is 7.40. The number of fused-ring (bicyclic) bond motifs is 12. The molecule has 0 atom stereocenters. The first-order valence-electron chi connectivity index (χ1n) is 21.2. The molecule has 12 aromatic rings. The lowest BCUT2D eigenvalue weighted by atomic mass is 10.0. The Morgan fingerprint density at radius 1 is 0.365 bits per heavy atom. The lowest BCUT2D eigenvalue weighted by Crippen LogP contribution is -2.04.